The summed E-state index contributed by atoms with van der Waals surface area (Å²) >= 11 is 12.1. The lowest BCUT2D eigenvalue weighted by atomic mass is 10.1. The van der Waals surface area contributed by atoms with E-state index in [0.717, 1.165) is 5.56 Å². The fourth-order valence-electron chi connectivity index (χ4n) is 2.29. The van der Waals surface area contributed by atoms with Gasteiger partial charge in [0.15, 0.2) is 0 Å². The molecule has 0 unspecified atom stereocenters. The molecule has 7 nitrogen and oxygen atoms in total. The number of aromatic nitrogens is 2. The first-order valence-corrected chi connectivity index (χ1v) is 9.33. The van der Waals surface area contributed by atoms with Gasteiger partial charge < -0.3 is 19.9 Å². The van der Waals surface area contributed by atoms with Crippen LogP contribution in [0.4, 0.5) is 13.2 Å². The SMILES string of the molecule is C[C@H](NCc1nnc(-c2ccccc2O)o1)c1ccc(Cl)cc1Cl.O=C(O)C(F)(F)F. The van der Waals surface area contributed by atoms with Gasteiger partial charge in [0.2, 0.25) is 5.89 Å². The van der Waals surface area contributed by atoms with Gasteiger partial charge in [0.05, 0.1) is 12.1 Å². The minimum atomic E-state index is -5.08. The van der Waals surface area contributed by atoms with Gasteiger partial charge in [-0.05, 0) is 36.8 Å². The van der Waals surface area contributed by atoms with E-state index >= 15 is 0 Å². The molecule has 0 aliphatic carbocycles. The third kappa shape index (κ3) is 7.12. The number of alkyl halides is 3. The molecule has 0 spiro atoms. The standard InChI is InChI=1S/C17H15Cl2N3O2.C2HF3O2/c1-10(12-7-6-11(18)8-14(12)19)20-9-16-21-22-17(24-16)13-4-2-3-5-15(13)23;3-2(4,5)1(6)7/h2-8,10,20,23H,9H2,1H3;(H,6,7)/t10-;/m0./s1. The second-order valence-electron chi connectivity index (χ2n) is 6.09. The lowest BCUT2D eigenvalue weighted by Crippen LogP contribution is -2.21. The molecule has 3 aromatic rings. The van der Waals surface area contributed by atoms with Gasteiger partial charge in [-0.3, -0.25) is 0 Å². The van der Waals surface area contributed by atoms with Crippen LogP contribution in [-0.2, 0) is 11.3 Å². The van der Waals surface area contributed by atoms with Crippen molar-refractivity contribution in [3.8, 4) is 17.2 Å². The Morgan fingerprint density at radius 3 is 2.42 bits per heavy atom. The minimum Gasteiger partial charge on any atom is -0.507 e. The van der Waals surface area contributed by atoms with Crippen LogP contribution in [0, 0.1) is 0 Å². The third-order valence-corrected chi connectivity index (χ3v) is 4.39. The Morgan fingerprint density at radius 2 is 1.84 bits per heavy atom. The number of nitrogens with one attached hydrogen (secondary N) is 1. The molecule has 0 fully saturated rings. The van der Waals surface area contributed by atoms with Gasteiger partial charge >= 0.3 is 12.1 Å². The number of phenolic OH excluding ortho intramolecular Hbond substituents is 1. The van der Waals surface area contributed by atoms with Crippen LogP contribution in [0.2, 0.25) is 10.0 Å². The molecular weight excluding hydrogens is 462 g/mol. The number of nitrogens with zero attached hydrogens (tertiary/aromatic N) is 2. The smallest absolute Gasteiger partial charge is 0.490 e. The van der Waals surface area contributed by atoms with Crippen LogP contribution in [0.3, 0.4) is 0 Å². The molecule has 1 atom stereocenters. The maximum atomic E-state index is 10.6. The van der Waals surface area contributed by atoms with Crippen LogP contribution in [-0.4, -0.2) is 32.6 Å². The van der Waals surface area contributed by atoms with Crippen LogP contribution in [0.5, 0.6) is 5.75 Å². The van der Waals surface area contributed by atoms with Crippen LogP contribution in [0.1, 0.15) is 24.4 Å². The van der Waals surface area contributed by atoms with Crippen molar-refractivity contribution < 1.29 is 32.6 Å². The summed E-state index contributed by atoms with van der Waals surface area (Å²) in [6.45, 7) is 2.36. The number of halogens is 5. The molecular formula is C19H16Cl2F3N3O4. The highest BCUT2D eigenvalue weighted by atomic mass is 35.5. The Balaban J connectivity index is 0.000000423. The number of rotatable bonds is 5. The zero-order valence-electron chi connectivity index (χ0n) is 15.8. The van der Waals surface area contributed by atoms with E-state index in [0.29, 0.717) is 28.0 Å². The van der Waals surface area contributed by atoms with E-state index in [4.69, 9.17) is 37.5 Å². The van der Waals surface area contributed by atoms with Crippen molar-refractivity contribution in [2.24, 2.45) is 0 Å². The predicted octanol–water partition coefficient (Wildman–Crippen LogP) is 5.23. The number of hydrogen-bond acceptors (Lipinski definition) is 6. The number of benzene rings is 2. The molecule has 166 valence electrons. The summed E-state index contributed by atoms with van der Waals surface area (Å²) in [6, 6.07) is 12.2. The summed E-state index contributed by atoms with van der Waals surface area (Å²) in [5.74, 6) is -1.96. The summed E-state index contributed by atoms with van der Waals surface area (Å²) in [6.07, 6.45) is -5.08. The van der Waals surface area contributed by atoms with Crippen LogP contribution in [0.15, 0.2) is 46.9 Å². The quantitative estimate of drug-likeness (QED) is 0.461. The monoisotopic (exact) mass is 477 g/mol. The zero-order valence-corrected chi connectivity index (χ0v) is 17.3. The van der Waals surface area contributed by atoms with Crippen LogP contribution >= 0.6 is 23.2 Å². The molecule has 12 heteroatoms. The number of aliphatic carboxylic acids is 1. The summed E-state index contributed by atoms with van der Waals surface area (Å²) < 4.78 is 37.3. The highest BCUT2D eigenvalue weighted by Gasteiger charge is 2.38. The highest BCUT2D eigenvalue weighted by molar-refractivity contribution is 6.35. The second-order valence-corrected chi connectivity index (χ2v) is 6.93. The van der Waals surface area contributed by atoms with Crippen molar-refractivity contribution in [3.63, 3.8) is 0 Å². The van der Waals surface area contributed by atoms with Crippen molar-refractivity contribution in [1.29, 1.82) is 0 Å². The maximum absolute atomic E-state index is 10.6. The molecule has 1 aromatic heterocycles. The fraction of sp³-hybridized carbons (Fsp3) is 0.211. The Kier molecular flexibility index (Phi) is 8.26. The molecule has 31 heavy (non-hydrogen) atoms. The van der Waals surface area contributed by atoms with E-state index in [9.17, 15) is 18.3 Å². The van der Waals surface area contributed by atoms with E-state index in [2.05, 4.69) is 15.5 Å². The van der Waals surface area contributed by atoms with E-state index in [1.807, 2.05) is 13.0 Å². The summed E-state index contributed by atoms with van der Waals surface area (Å²) in [7, 11) is 0. The summed E-state index contributed by atoms with van der Waals surface area (Å²) in [5, 5.41) is 29.4. The van der Waals surface area contributed by atoms with E-state index in [1.54, 1.807) is 36.4 Å². The van der Waals surface area contributed by atoms with Gasteiger partial charge in [-0.1, -0.05) is 41.4 Å². The van der Waals surface area contributed by atoms with Crippen molar-refractivity contribution in [3.05, 3.63) is 64.0 Å². The topological polar surface area (TPSA) is 108 Å². The average Bonchev–Trinajstić information content (AvgIpc) is 3.15. The number of carboxylic acids is 1. The molecule has 0 saturated heterocycles. The molecule has 3 rings (SSSR count). The molecule has 0 aliphatic heterocycles. The minimum absolute atomic E-state index is 0.0183. The van der Waals surface area contributed by atoms with Gasteiger partial charge in [-0.15, -0.1) is 10.2 Å². The Bertz CT molecular complexity index is 1040. The van der Waals surface area contributed by atoms with Gasteiger partial charge in [0, 0.05) is 16.1 Å². The molecule has 0 aliphatic rings. The molecule has 0 bridgehead atoms. The van der Waals surface area contributed by atoms with Crippen molar-refractivity contribution in [1.82, 2.24) is 15.5 Å². The Hall–Kier alpha value is -2.82. The molecule has 3 N–H and O–H groups in total. The summed E-state index contributed by atoms with van der Waals surface area (Å²) in [4.78, 5) is 8.90. The molecule has 1 heterocycles. The number of hydrogen-bond donors (Lipinski definition) is 3. The van der Waals surface area contributed by atoms with E-state index in [-0.39, 0.29) is 17.7 Å². The second kappa shape index (κ2) is 10.5. The largest absolute Gasteiger partial charge is 0.507 e. The first-order valence-electron chi connectivity index (χ1n) is 8.58. The van der Waals surface area contributed by atoms with Crippen molar-refractivity contribution >= 4 is 29.2 Å². The first-order chi connectivity index (χ1) is 14.5. The zero-order chi connectivity index (χ0) is 23.2. The number of carboxylic acid groups (broad SMARTS) is 1. The third-order valence-electron chi connectivity index (χ3n) is 3.83. The fourth-order valence-corrected chi connectivity index (χ4v) is 2.86. The van der Waals surface area contributed by atoms with Gasteiger partial charge in [0.1, 0.15) is 5.75 Å². The molecule has 2 aromatic carbocycles. The van der Waals surface area contributed by atoms with Gasteiger partial charge in [-0.2, -0.15) is 13.2 Å². The lowest BCUT2D eigenvalue weighted by molar-refractivity contribution is -0.192. The van der Waals surface area contributed by atoms with Crippen LogP contribution < -0.4 is 5.32 Å². The number of para-hydroxylation sites is 1. The van der Waals surface area contributed by atoms with Gasteiger partial charge in [-0.25, -0.2) is 4.79 Å². The van der Waals surface area contributed by atoms with E-state index in [1.165, 1.54) is 0 Å². The lowest BCUT2D eigenvalue weighted by Gasteiger charge is -2.14. The molecule has 0 radical (unpaired) electrons. The summed E-state index contributed by atoms with van der Waals surface area (Å²) in [5.41, 5.74) is 1.44. The number of carbonyl (C=O) groups is 1. The van der Waals surface area contributed by atoms with Crippen LogP contribution in [0.25, 0.3) is 11.5 Å². The van der Waals surface area contributed by atoms with Gasteiger partial charge in [0.25, 0.3) is 5.89 Å². The molecule has 0 amide bonds. The Morgan fingerprint density at radius 1 is 1.19 bits per heavy atom. The average molecular weight is 478 g/mol. The number of aromatic hydroxyl groups is 1. The first kappa shape index (κ1) is 24.4. The normalized spacial score (nSPS) is 12.1. The number of phenols is 1. The Labute approximate surface area is 184 Å². The predicted molar refractivity (Wildman–Crippen MR) is 107 cm³/mol. The van der Waals surface area contributed by atoms with Crippen molar-refractivity contribution in [2.75, 3.05) is 0 Å². The maximum Gasteiger partial charge on any atom is 0.490 e. The van der Waals surface area contributed by atoms with Crippen molar-refractivity contribution in [2.45, 2.75) is 25.7 Å². The molecule has 0 saturated carbocycles. The van der Waals surface area contributed by atoms with E-state index < -0.39 is 12.1 Å². The highest BCUT2D eigenvalue weighted by Crippen LogP contribution is 2.28.